The van der Waals surface area contributed by atoms with Gasteiger partial charge in [-0.05, 0) is 45.5 Å². The summed E-state index contributed by atoms with van der Waals surface area (Å²) in [6.07, 6.45) is 1.90. The average molecular weight is 222 g/mol. The first-order valence-corrected chi connectivity index (χ1v) is 5.78. The Balaban J connectivity index is 2.93. The maximum Gasteiger partial charge on any atom is 0.251 e. The fourth-order valence-corrected chi connectivity index (χ4v) is 1.89. The van der Waals surface area contributed by atoms with Crippen molar-refractivity contribution in [2.24, 2.45) is 0 Å². The summed E-state index contributed by atoms with van der Waals surface area (Å²) in [5.41, 5.74) is 1.22. The number of pyridine rings is 1. The number of nitrogens with zero attached hydrogens (tertiary/aromatic N) is 2. The summed E-state index contributed by atoms with van der Waals surface area (Å²) in [6.45, 7) is 7.15. The van der Waals surface area contributed by atoms with Gasteiger partial charge < -0.3 is 9.47 Å². The van der Waals surface area contributed by atoms with E-state index in [1.165, 1.54) is 0 Å². The van der Waals surface area contributed by atoms with Crippen molar-refractivity contribution in [1.82, 2.24) is 9.47 Å². The van der Waals surface area contributed by atoms with Crippen molar-refractivity contribution in [2.75, 3.05) is 20.6 Å². The molecule has 1 aromatic heterocycles. The normalized spacial score (nSPS) is 13.4. The molecule has 90 valence electrons. The van der Waals surface area contributed by atoms with E-state index in [1.807, 2.05) is 34.1 Å². The second-order valence-electron chi connectivity index (χ2n) is 4.96. The van der Waals surface area contributed by atoms with Gasteiger partial charge in [-0.3, -0.25) is 4.79 Å². The summed E-state index contributed by atoms with van der Waals surface area (Å²) in [4.78, 5) is 14.0. The first kappa shape index (κ1) is 13.0. The summed E-state index contributed by atoms with van der Waals surface area (Å²) in [7, 11) is 4.09. The van der Waals surface area contributed by atoms with Crippen LogP contribution in [0.4, 0.5) is 0 Å². The number of rotatable bonds is 4. The van der Waals surface area contributed by atoms with E-state index in [9.17, 15) is 4.79 Å². The predicted octanol–water partition coefficient (Wildman–Crippen LogP) is 2.09. The van der Waals surface area contributed by atoms with E-state index >= 15 is 0 Å². The quantitative estimate of drug-likeness (QED) is 0.779. The Morgan fingerprint density at radius 3 is 2.38 bits per heavy atom. The highest BCUT2D eigenvalue weighted by Gasteiger charge is 2.09. The highest BCUT2D eigenvalue weighted by molar-refractivity contribution is 5.16. The highest BCUT2D eigenvalue weighted by Crippen LogP contribution is 2.14. The molecule has 0 aliphatic carbocycles. The van der Waals surface area contributed by atoms with Crippen LogP contribution in [-0.4, -0.2) is 30.1 Å². The summed E-state index contributed by atoms with van der Waals surface area (Å²) in [5, 5.41) is 0. The van der Waals surface area contributed by atoms with Crippen LogP contribution in [0.1, 0.15) is 38.3 Å². The zero-order valence-corrected chi connectivity index (χ0v) is 10.9. The van der Waals surface area contributed by atoms with Crippen LogP contribution in [0.2, 0.25) is 0 Å². The average Bonchev–Trinajstić information content (AvgIpc) is 2.15. The van der Waals surface area contributed by atoms with Crippen LogP contribution in [0.15, 0.2) is 23.1 Å². The minimum atomic E-state index is 0.0955. The van der Waals surface area contributed by atoms with Crippen LogP contribution in [0.25, 0.3) is 0 Å². The Morgan fingerprint density at radius 1 is 1.31 bits per heavy atom. The molecule has 0 saturated carbocycles. The zero-order chi connectivity index (χ0) is 12.3. The molecule has 1 unspecified atom stereocenters. The van der Waals surface area contributed by atoms with Gasteiger partial charge >= 0.3 is 0 Å². The topological polar surface area (TPSA) is 25.2 Å². The van der Waals surface area contributed by atoms with E-state index in [0.717, 1.165) is 12.1 Å². The van der Waals surface area contributed by atoms with Crippen LogP contribution in [0.3, 0.4) is 0 Å². The van der Waals surface area contributed by atoms with Crippen molar-refractivity contribution in [3.63, 3.8) is 0 Å². The largest absolute Gasteiger partial charge is 0.313 e. The molecule has 0 N–H and O–H groups in total. The molecular weight excluding hydrogens is 200 g/mol. The molecule has 0 fully saturated rings. The summed E-state index contributed by atoms with van der Waals surface area (Å²) in [5.74, 6) is 0.393. The lowest BCUT2D eigenvalue weighted by Crippen LogP contribution is -2.23. The van der Waals surface area contributed by atoms with Crippen LogP contribution < -0.4 is 5.56 Å². The maximum absolute atomic E-state index is 11.8. The third-order valence-corrected chi connectivity index (χ3v) is 2.74. The molecular formula is C13H22N2O. The molecule has 3 heteroatoms. The van der Waals surface area contributed by atoms with Crippen molar-refractivity contribution in [1.29, 1.82) is 0 Å². The van der Waals surface area contributed by atoms with Crippen LogP contribution in [0, 0.1) is 0 Å². The third kappa shape index (κ3) is 3.20. The van der Waals surface area contributed by atoms with Crippen LogP contribution >= 0.6 is 0 Å². The Kier molecular flexibility index (Phi) is 4.30. The third-order valence-electron chi connectivity index (χ3n) is 2.74. The molecule has 0 radical (unpaired) electrons. The van der Waals surface area contributed by atoms with Gasteiger partial charge in [0.15, 0.2) is 0 Å². The van der Waals surface area contributed by atoms with Gasteiger partial charge in [-0.25, -0.2) is 0 Å². The predicted molar refractivity (Wildman–Crippen MR) is 68.1 cm³/mol. The van der Waals surface area contributed by atoms with Gasteiger partial charge in [-0.2, -0.15) is 0 Å². The van der Waals surface area contributed by atoms with E-state index in [0.29, 0.717) is 5.92 Å². The van der Waals surface area contributed by atoms with E-state index in [-0.39, 0.29) is 11.6 Å². The molecule has 0 aliphatic heterocycles. The number of aromatic nitrogens is 1. The molecule has 1 aromatic rings. The number of hydrogen-bond donors (Lipinski definition) is 0. The first-order valence-electron chi connectivity index (χ1n) is 5.78. The molecule has 1 heterocycles. The number of likely N-dealkylation sites (N-methyl/N-ethyl adjacent to an activating group) is 1. The fourth-order valence-electron chi connectivity index (χ4n) is 1.89. The molecule has 0 amide bonds. The van der Waals surface area contributed by atoms with E-state index < -0.39 is 0 Å². The molecule has 0 bridgehead atoms. The van der Waals surface area contributed by atoms with Crippen molar-refractivity contribution >= 4 is 0 Å². The van der Waals surface area contributed by atoms with Crippen molar-refractivity contribution < 1.29 is 0 Å². The minimum absolute atomic E-state index is 0.0955. The number of hydrogen-bond acceptors (Lipinski definition) is 2. The Morgan fingerprint density at radius 2 is 1.94 bits per heavy atom. The fraction of sp³-hybridized carbons (Fsp3) is 0.615. The van der Waals surface area contributed by atoms with E-state index in [1.54, 1.807) is 10.6 Å². The standard InChI is InChI=1S/C13H22N2O/c1-10(2)15-7-6-12(8-13(15)16)11(3)9-14(4)5/h6-8,10-11H,9H2,1-5H3. The zero-order valence-electron chi connectivity index (χ0n) is 10.9. The minimum Gasteiger partial charge on any atom is -0.313 e. The molecule has 0 aromatic carbocycles. The van der Waals surface area contributed by atoms with Crippen LogP contribution in [0.5, 0.6) is 0 Å². The van der Waals surface area contributed by atoms with Gasteiger partial charge in [0.25, 0.3) is 5.56 Å². The van der Waals surface area contributed by atoms with Crippen molar-refractivity contribution in [3.05, 3.63) is 34.2 Å². The first-order chi connectivity index (χ1) is 7.41. The van der Waals surface area contributed by atoms with Gasteiger partial charge in [-0.1, -0.05) is 6.92 Å². The molecule has 1 atom stereocenters. The summed E-state index contributed by atoms with van der Waals surface area (Å²) < 4.78 is 1.76. The lowest BCUT2D eigenvalue weighted by Gasteiger charge is -2.18. The molecule has 16 heavy (non-hydrogen) atoms. The molecule has 3 nitrogen and oxygen atoms in total. The van der Waals surface area contributed by atoms with Crippen molar-refractivity contribution in [2.45, 2.75) is 32.7 Å². The van der Waals surface area contributed by atoms with Gasteiger partial charge in [0, 0.05) is 24.8 Å². The van der Waals surface area contributed by atoms with Crippen molar-refractivity contribution in [3.8, 4) is 0 Å². The SMILES string of the molecule is CC(CN(C)C)c1ccn(C(C)C)c(=O)c1. The molecule has 1 rings (SSSR count). The Labute approximate surface area is 97.7 Å². The van der Waals surface area contributed by atoms with E-state index in [4.69, 9.17) is 0 Å². The smallest absolute Gasteiger partial charge is 0.251 e. The van der Waals surface area contributed by atoms with Crippen LogP contribution in [-0.2, 0) is 0 Å². The Bertz CT molecular complexity index is 393. The van der Waals surface area contributed by atoms with Gasteiger partial charge in [-0.15, -0.1) is 0 Å². The molecule has 0 saturated heterocycles. The lowest BCUT2D eigenvalue weighted by molar-refractivity contribution is 0.382. The van der Waals surface area contributed by atoms with Gasteiger partial charge in [0.1, 0.15) is 0 Å². The molecule has 0 spiro atoms. The monoisotopic (exact) mass is 222 g/mol. The lowest BCUT2D eigenvalue weighted by atomic mass is 10.0. The highest BCUT2D eigenvalue weighted by atomic mass is 16.1. The molecule has 0 aliphatic rings. The summed E-state index contributed by atoms with van der Waals surface area (Å²) in [6, 6.07) is 4.04. The van der Waals surface area contributed by atoms with Gasteiger partial charge in [0.05, 0.1) is 0 Å². The second kappa shape index (κ2) is 5.30. The maximum atomic E-state index is 11.8. The Hall–Kier alpha value is -1.09. The van der Waals surface area contributed by atoms with E-state index in [2.05, 4.69) is 17.9 Å². The summed E-state index contributed by atoms with van der Waals surface area (Å²) >= 11 is 0. The second-order valence-corrected chi connectivity index (χ2v) is 4.96. The van der Waals surface area contributed by atoms with Gasteiger partial charge in [0.2, 0.25) is 0 Å².